The van der Waals surface area contributed by atoms with Crippen LogP contribution in [0.5, 0.6) is 0 Å². The van der Waals surface area contributed by atoms with Gasteiger partial charge in [-0.1, -0.05) is 25.7 Å². The lowest BCUT2D eigenvalue weighted by Gasteiger charge is -2.05. The first-order chi connectivity index (χ1) is 5.52. The van der Waals surface area contributed by atoms with Gasteiger partial charge in [-0.15, -0.1) is 0 Å². The van der Waals surface area contributed by atoms with E-state index in [-0.39, 0.29) is 0 Å². The summed E-state index contributed by atoms with van der Waals surface area (Å²) in [6, 6.07) is 0. The largest absolute Gasteiger partial charge is 0.381 e. The second-order valence-electron chi connectivity index (χ2n) is 3.45. The van der Waals surface area contributed by atoms with Gasteiger partial charge < -0.3 is 10.2 Å². The topological polar surface area (TPSA) is 40.5 Å². The summed E-state index contributed by atoms with van der Waals surface area (Å²) < 4.78 is 0. The molecule has 0 rings (SSSR count). The molecule has 2 atom stereocenters. The SMILES string of the molecule is CC(O)C#CC(O)CCC(C)C. The second kappa shape index (κ2) is 6.05. The Morgan fingerprint density at radius 1 is 1.00 bits per heavy atom. The minimum atomic E-state index is -0.640. The zero-order valence-electron chi connectivity index (χ0n) is 8.04. The molecule has 0 aromatic heterocycles. The van der Waals surface area contributed by atoms with E-state index in [1.165, 1.54) is 0 Å². The first-order valence-electron chi connectivity index (χ1n) is 4.39. The molecule has 12 heavy (non-hydrogen) atoms. The summed E-state index contributed by atoms with van der Waals surface area (Å²) in [5.74, 6) is 5.71. The van der Waals surface area contributed by atoms with Crippen molar-refractivity contribution in [1.82, 2.24) is 0 Å². The minimum absolute atomic E-state index is 0.581. The molecule has 0 aliphatic heterocycles. The van der Waals surface area contributed by atoms with Gasteiger partial charge in [0.15, 0.2) is 0 Å². The Morgan fingerprint density at radius 2 is 1.58 bits per heavy atom. The molecule has 2 unspecified atom stereocenters. The van der Waals surface area contributed by atoms with Crippen molar-refractivity contribution < 1.29 is 10.2 Å². The van der Waals surface area contributed by atoms with Gasteiger partial charge in [0, 0.05) is 0 Å². The Kier molecular flexibility index (Phi) is 5.79. The fourth-order valence-corrected chi connectivity index (χ4v) is 0.780. The standard InChI is InChI=1S/C10H18O2/c1-8(2)4-6-10(12)7-5-9(3)11/h8-12H,4,6H2,1-3H3. The average molecular weight is 170 g/mol. The van der Waals surface area contributed by atoms with Crippen LogP contribution >= 0.6 is 0 Å². The van der Waals surface area contributed by atoms with E-state index in [1.807, 2.05) is 0 Å². The van der Waals surface area contributed by atoms with Crippen LogP contribution in [-0.4, -0.2) is 22.4 Å². The van der Waals surface area contributed by atoms with Crippen LogP contribution in [-0.2, 0) is 0 Å². The molecule has 0 aliphatic carbocycles. The lowest BCUT2D eigenvalue weighted by molar-refractivity contribution is 0.210. The predicted octanol–water partition coefficient (Wildman–Crippen LogP) is 1.17. The van der Waals surface area contributed by atoms with Crippen molar-refractivity contribution in [3.8, 4) is 11.8 Å². The van der Waals surface area contributed by atoms with Crippen LogP contribution < -0.4 is 0 Å². The molecule has 0 aromatic carbocycles. The molecule has 0 aromatic rings. The molecule has 0 saturated carbocycles. The molecule has 0 radical (unpaired) electrons. The number of aliphatic hydroxyl groups is 2. The normalized spacial score (nSPS) is 15.2. The number of rotatable bonds is 3. The van der Waals surface area contributed by atoms with Crippen LogP contribution in [0.15, 0.2) is 0 Å². The first kappa shape index (κ1) is 11.5. The van der Waals surface area contributed by atoms with E-state index >= 15 is 0 Å². The lowest BCUT2D eigenvalue weighted by atomic mass is 10.1. The molecule has 0 amide bonds. The Labute approximate surface area is 74.6 Å². The molecular weight excluding hydrogens is 152 g/mol. The van der Waals surface area contributed by atoms with Gasteiger partial charge in [-0.2, -0.15) is 0 Å². The van der Waals surface area contributed by atoms with Crippen LogP contribution in [0.4, 0.5) is 0 Å². The summed E-state index contributed by atoms with van der Waals surface area (Å²) in [4.78, 5) is 0. The molecule has 0 aliphatic rings. The maximum atomic E-state index is 9.26. The fraction of sp³-hybridized carbons (Fsp3) is 0.800. The van der Waals surface area contributed by atoms with Gasteiger partial charge in [-0.3, -0.25) is 0 Å². The van der Waals surface area contributed by atoms with Gasteiger partial charge in [0.05, 0.1) is 0 Å². The number of hydrogen-bond donors (Lipinski definition) is 2. The van der Waals surface area contributed by atoms with E-state index in [9.17, 15) is 5.11 Å². The average Bonchev–Trinajstić information content (AvgIpc) is 1.96. The minimum Gasteiger partial charge on any atom is -0.381 e. The Balaban J connectivity index is 3.61. The third kappa shape index (κ3) is 7.59. The molecule has 0 spiro atoms. The van der Waals surface area contributed by atoms with E-state index in [4.69, 9.17) is 5.11 Å². The van der Waals surface area contributed by atoms with Gasteiger partial charge in [0.2, 0.25) is 0 Å². The maximum absolute atomic E-state index is 9.26. The van der Waals surface area contributed by atoms with Gasteiger partial charge in [0.25, 0.3) is 0 Å². The van der Waals surface area contributed by atoms with E-state index in [2.05, 4.69) is 25.7 Å². The monoisotopic (exact) mass is 170 g/mol. The Bertz CT molecular complexity index is 162. The van der Waals surface area contributed by atoms with Crippen molar-refractivity contribution in [1.29, 1.82) is 0 Å². The Morgan fingerprint density at radius 3 is 2.00 bits per heavy atom. The summed E-state index contributed by atoms with van der Waals surface area (Å²) in [5.41, 5.74) is 0. The highest BCUT2D eigenvalue weighted by Gasteiger charge is 2.01. The van der Waals surface area contributed by atoms with Gasteiger partial charge in [-0.05, 0) is 25.7 Å². The molecule has 0 saturated heterocycles. The van der Waals surface area contributed by atoms with Crippen LogP contribution in [0.1, 0.15) is 33.6 Å². The first-order valence-corrected chi connectivity index (χ1v) is 4.39. The fourth-order valence-electron chi connectivity index (χ4n) is 0.780. The third-order valence-electron chi connectivity index (χ3n) is 1.48. The van der Waals surface area contributed by atoms with Gasteiger partial charge in [-0.25, -0.2) is 0 Å². The highest BCUT2D eigenvalue weighted by atomic mass is 16.3. The molecule has 2 N–H and O–H groups in total. The summed E-state index contributed by atoms with van der Waals surface area (Å²) in [7, 11) is 0. The van der Waals surface area contributed by atoms with Crippen LogP contribution in [0.3, 0.4) is 0 Å². The van der Waals surface area contributed by atoms with Crippen LogP contribution in [0, 0.1) is 17.8 Å². The summed E-state index contributed by atoms with van der Waals surface area (Å²) >= 11 is 0. The molecular formula is C10H18O2. The van der Waals surface area contributed by atoms with E-state index in [0.29, 0.717) is 12.3 Å². The molecule has 2 heteroatoms. The number of hydrogen-bond acceptors (Lipinski definition) is 2. The van der Waals surface area contributed by atoms with Crippen LogP contribution in [0.25, 0.3) is 0 Å². The van der Waals surface area contributed by atoms with Gasteiger partial charge >= 0.3 is 0 Å². The highest BCUT2D eigenvalue weighted by molar-refractivity contribution is 5.07. The van der Waals surface area contributed by atoms with E-state index in [0.717, 1.165) is 6.42 Å². The predicted molar refractivity (Wildman–Crippen MR) is 49.5 cm³/mol. The summed E-state index contributed by atoms with van der Waals surface area (Å²) in [6.45, 7) is 5.80. The zero-order chi connectivity index (χ0) is 9.56. The van der Waals surface area contributed by atoms with E-state index in [1.54, 1.807) is 6.92 Å². The lowest BCUT2D eigenvalue weighted by Crippen LogP contribution is -2.06. The van der Waals surface area contributed by atoms with Crippen LogP contribution in [0.2, 0.25) is 0 Å². The van der Waals surface area contributed by atoms with E-state index < -0.39 is 12.2 Å². The summed E-state index contributed by atoms with van der Waals surface area (Å²) in [5, 5.41) is 18.1. The molecule has 70 valence electrons. The second-order valence-corrected chi connectivity index (χ2v) is 3.45. The van der Waals surface area contributed by atoms with Crippen molar-refractivity contribution in [3.63, 3.8) is 0 Å². The third-order valence-corrected chi connectivity index (χ3v) is 1.48. The quantitative estimate of drug-likeness (QED) is 0.624. The van der Waals surface area contributed by atoms with Crippen molar-refractivity contribution in [2.75, 3.05) is 0 Å². The summed E-state index contributed by atoms with van der Waals surface area (Å²) in [6.07, 6.45) is 0.438. The zero-order valence-corrected chi connectivity index (χ0v) is 8.04. The number of aliphatic hydroxyl groups excluding tert-OH is 2. The van der Waals surface area contributed by atoms with Gasteiger partial charge in [0.1, 0.15) is 12.2 Å². The molecule has 0 bridgehead atoms. The smallest absolute Gasteiger partial charge is 0.114 e. The van der Waals surface area contributed by atoms with Crippen molar-refractivity contribution in [2.24, 2.45) is 5.92 Å². The highest BCUT2D eigenvalue weighted by Crippen LogP contribution is 2.05. The van der Waals surface area contributed by atoms with Crippen molar-refractivity contribution in [3.05, 3.63) is 0 Å². The maximum Gasteiger partial charge on any atom is 0.114 e. The Hall–Kier alpha value is -0.520. The molecule has 0 fully saturated rings. The van der Waals surface area contributed by atoms with Crippen molar-refractivity contribution in [2.45, 2.75) is 45.8 Å². The molecule has 0 heterocycles. The molecule has 2 nitrogen and oxygen atoms in total. The van der Waals surface area contributed by atoms with Crippen molar-refractivity contribution >= 4 is 0 Å².